The van der Waals surface area contributed by atoms with Crippen molar-refractivity contribution in [2.75, 3.05) is 12.9 Å². The molecule has 2 rings (SSSR count). The molecule has 19 heavy (non-hydrogen) atoms. The molecule has 0 spiro atoms. The first kappa shape index (κ1) is 13.8. The number of hydrogen-bond acceptors (Lipinski definition) is 6. The van der Waals surface area contributed by atoms with E-state index >= 15 is 0 Å². The molecule has 0 bridgehead atoms. The number of ether oxygens (including phenoxy) is 1. The summed E-state index contributed by atoms with van der Waals surface area (Å²) in [5.74, 6) is 1.90. The van der Waals surface area contributed by atoms with E-state index in [1.165, 1.54) is 7.11 Å². The fourth-order valence-electron chi connectivity index (χ4n) is 1.61. The Morgan fingerprint density at radius 3 is 3.21 bits per heavy atom. The number of imidazole rings is 1. The summed E-state index contributed by atoms with van der Waals surface area (Å²) in [6.45, 7) is 0. The summed E-state index contributed by atoms with van der Waals surface area (Å²) < 4.78 is 6.46. The number of fused-ring (bicyclic) bond motifs is 1. The van der Waals surface area contributed by atoms with Crippen LogP contribution in [0.2, 0.25) is 0 Å². The zero-order chi connectivity index (χ0) is 13.7. The summed E-state index contributed by atoms with van der Waals surface area (Å²) in [6, 6.07) is 1.32. The van der Waals surface area contributed by atoms with E-state index in [9.17, 15) is 4.79 Å². The Bertz CT molecular complexity index is 524. The van der Waals surface area contributed by atoms with Crippen LogP contribution >= 0.6 is 11.8 Å². The highest BCUT2D eigenvalue weighted by Crippen LogP contribution is 2.13. The quantitative estimate of drug-likeness (QED) is 0.624. The maximum atomic E-state index is 11.1. The molecule has 0 saturated heterocycles. The minimum atomic E-state index is -0.541. The van der Waals surface area contributed by atoms with Crippen LogP contribution in [-0.2, 0) is 15.3 Å². The molecule has 0 aliphatic rings. The van der Waals surface area contributed by atoms with E-state index in [1.807, 2.05) is 22.9 Å². The molecule has 0 aliphatic carbocycles. The number of hydrogen-bond donors (Lipinski definition) is 1. The number of nitrogens with two attached hydrogens (primary N) is 1. The number of carbonyl (C=O) groups is 1. The van der Waals surface area contributed by atoms with Crippen LogP contribution in [0.4, 0.5) is 0 Å². The Kier molecular flexibility index (Phi) is 4.75. The normalized spacial score (nSPS) is 12.5. The summed E-state index contributed by atoms with van der Waals surface area (Å²) in [5, 5.41) is 0. The van der Waals surface area contributed by atoms with Gasteiger partial charge in [-0.15, -0.1) is 0 Å². The van der Waals surface area contributed by atoms with Gasteiger partial charge in [-0.2, -0.15) is 11.8 Å². The van der Waals surface area contributed by atoms with Crippen molar-refractivity contribution in [3.63, 3.8) is 0 Å². The fraction of sp³-hybridized carbons (Fsp3) is 0.417. The summed E-state index contributed by atoms with van der Waals surface area (Å²) in [6.07, 6.45) is 6.18. The van der Waals surface area contributed by atoms with E-state index < -0.39 is 6.04 Å². The van der Waals surface area contributed by atoms with Crippen LogP contribution in [0.15, 0.2) is 24.7 Å². The topological polar surface area (TPSA) is 82.5 Å². The Hall–Kier alpha value is -1.60. The number of rotatable bonds is 6. The summed E-state index contributed by atoms with van der Waals surface area (Å²) in [5.41, 5.74) is 6.62. The van der Waals surface area contributed by atoms with E-state index in [2.05, 4.69) is 14.7 Å². The van der Waals surface area contributed by atoms with Crippen molar-refractivity contribution in [3.05, 3.63) is 30.4 Å². The zero-order valence-electron chi connectivity index (χ0n) is 10.7. The van der Waals surface area contributed by atoms with Crippen molar-refractivity contribution in [1.82, 2.24) is 14.4 Å². The summed E-state index contributed by atoms with van der Waals surface area (Å²) in [4.78, 5) is 19.7. The van der Waals surface area contributed by atoms with Crippen molar-refractivity contribution in [1.29, 1.82) is 0 Å². The average molecular weight is 280 g/mol. The molecular formula is C12H16N4O2S. The van der Waals surface area contributed by atoms with E-state index in [0.29, 0.717) is 12.2 Å². The van der Waals surface area contributed by atoms with Crippen molar-refractivity contribution in [3.8, 4) is 0 Å². The lowest BCUT2D eigenvalue weighted by Crippen LogP contribution is -2.31. The van der Waals surface area contributed by atoms with Crippen LogP contribution in [-0.4, -0.2) is 39.2 Å². The Morgan fingerprint density at radius 2 is 2.47 bits per heavy atom. The van der Waals surface area contributed by atoms with Gasteiger partial charge in [-0.1, -0.05) is 0 Å². The summed E-state index contributed by atoms with van der Waals surface area (Å²) in [7, 11) is 1.35. The fourth-order valence-corrected chi connectivity index (χ4v) is 2.52. The highest BCUT2D eigenvalue weighted by atomic mass is 32.2. The second-order valence-electron chi connectivity index (χ2n) is 4.03. The molecule has 2 aromatic heterocycles. The monoisotopic (exact) mass is 280 g/mol. The maximum Gasteiger partial charge on any atom is 0.322 e. The number of thioether (sulfide) groups is 1. The SMILES string of the molecule is COC(=O)C(N)CCSCc1cn2cccnc2n1. The molecule has 1 unspecified atom stereocenters. The smallest absolute Gasteiger partial charge is 0.322 e. The lowest BCUT2D eigenvalue weighted by molar-refractivity contribution is -0.142. The van der Waals surface area contributed by atoms with Gasteiger partial charge in [0.05, 0.1) is 12.8 Å². The van der Waals surface area contributed by atoms with Gasteiger partial charge in [0.15, 0.2) is 0 Å². The Morgan fingerprint density at radius 1 is 1.63 bits per heavy atom. The van der Waals surface area contributed by atoms with E-state index in [4.69, 9.17) is 5.73 Å². The van der Waals surface area contributed by atoms with Crippen LogP contribution in [0, 0.1) is 0 Å². The minimum absolute atomic E-state index is 0.363. The first-order chi connectivity index (χ1) is 9.20. The van der Waals surface area contributed by atoms with Gasteiger partial charge in [-0.05, 0) is 18.2 Å². The minimum Gasteiger partial charge on any atom is -0.468 e. The molecular weight excluding hydrogens is 264 g/mol. The molecule has 102 valence electrons. The average Bonchev–Trinajstić information content (AvgIpc) is 2.85. The highest BCUT2D eigenvalue weighted by molar-refractivity contribution is 7.98. The van der Waals surface area contributed by atoms with E-state index in [1.54, 1.807) is 18.0 Å². The largest absolute Gasteiger partial charge is 0.468 e. The molecule has 0 aliphatic heterocycles. The van der Waals surface area contributed by atoms with Crippen molar-refractivity contribution in [2.45, 2.75) is 18.2 Å². The van der Waals surface area contributed by atoms with Gasteiger partial charge in [0.2, 0.25) is 5.78 Å². The van der Waals surface area contributed by atoms with Crippen molar-refractivity contribution < 1.29 is 9.53 Å². The highest BCUT2D eigenvalue weighted by Gasteiger charge is 2.12. The van der Waals surface area contributed by atoms with Crippen molar-refractivity contribution >= 4 is 23.5 Å². The third-order valence-corrected chi connectivity index (χ3v) is 3.64. The predicted octanol–water partition coefficient (Wildman–Crippen LogP) is 0.853. The van der Waals surface area contributed by atoms with Crippen LogP contribution in [0.1, 0.15) is 12.1 Å². The van der Waals surface area contributed by atoms with Gasteiger partial charge < -0.3 is 10.5 Å². The predicted molar refractivity (Wildman–Crippen MR) is 73.8 cm³/mol. The van der Waals surface area contributed by atoms with Gasteiger partial charge in [0, 0.05) is 24.3 Å². The van der Waals surface area contributed by atoms with Gasteiger partial charge in [0.25, 0.3) is 0 Å². The van der Waals surface area contributed by atoms with Gasteiger partial charge in [-0.3, -0.25) is 9.20 Å². The molecule has 2 aromatic rings. The van der Waals surface area contributed by atoms with Crippen LogP contribution in [0.5, 0.6) is 0 Å². The van der Waals surface area contributed by atoms with Gasteiger partial charge in [0.1, 0.15) is 6.04 Å². The standard InChI is InChI=1S/C12H16N4O2S/c1-18-11(17)10(13)3-6-19-8-9-7-16-5-2-4-14-12(16)15-9/h2,4-5,7,10H,3,6,8,13H2,1H3. The van der Waals surface area contributed by atoms with Gasteiger partial charge >= 0.3 is 5.97 Å². The molecule has 0 radical (unpaired) electrons. The second-order valence-corrected chi connectivity index (χ2v) is 5.14. The first-order valence-corrected chi connectivity index (χ1v) is 7.06. The number of aromatic nitrogens is 3. The lowest BCUT2D eigenvalue weighted by atomic mass is 10.2. The lowest BCUT2D eigenvalue weighted by Gasteiger charge is -2.07. The maximum absolute atomic E-state index is 11.1. The van der Waals surface area contributed by atoms with Crippen LogP contribution in [0.25, 0.3) is 5.78 Å². The number of nitrogens with zero attached hydrogens (tertiary/aromatic N) is 3. The summed E-state index contributed by atoms with van der Waals surface area (Å²) >= 11 is 1.69. The molecule has 0 amide bonds. The zero-order valence-corrected chi connectivity index (χ0v) is 11.5. The number of carbonyl (C=O) groups excluding carboxylic acids is 1. The molecule has 0 saturated carbocycles. The number of methoxy groups -OCH3 is 1. The third kappa shape index (κ3) is 3.68. The molecule has 7 heteroatoms. The van der Waals surface area contributed by atoms with E-state index in [-0.39, 0.29) is 5.97 Å². The third-order valence-electron chi connectivity index (χ3n) is 2.61. The molecule has 2 heterocycles. The molecule has 0 fully saturated rings. The van der Waals surface area contributed by atoms with E-state index in [0.717, 1.165) is 17.2 Å². The Balaban J connectivity index is 1.78. The molecule has 1 atom stereocenters. The molecule has 6 nitrogen and oxygen atoms in total. The molecule has 0 aromatic carbocycles. The molecule has 2 N–H and O–H groups in total. The first-order valence-electron chi connectivity index (χ1n) is 5.90. The van der Waals surface area contributed by atoms with Crippen LogP contribution < -0.4 is 5.73 Å². The van der Waals surface area contributed by atoms with Crippen LogP contribution in [0.3, 0.4) is 0 Å². The Labute approximate surface area is 115 Å². The van der Waals surface area contributed by atoms with Crippen molar-refractivity contribution in [2.24, 2.45) is 5.73 Å². The number of esters is 1. The second kappa shape index (κ2) is 6.53. The van der Waals surface area contributed by atoms with Gasteiger partial charge in [-0.25, -0.2) is 9.97 Å².